The molecule has 5 heteroatoms. The largest absolute Gasteiger partial charge is 0.496 e. The van der Waals surface area contributed by atoms with Gasteiger partial charge >= 0.3 is 0 Å². The van der Waals surface area contributed by atoms with Crippen LogP contribution in [0.25, 0.3) is 0 Å². The standard InChI is InChI=1S/C21H19IN2O2/c1-25-21-12-7-16(14-23-24-19-5-3-2-4-6-19)13-17(21)15-26-20-10-8-18(22)9-11-20/h2-14,24H,15H2,1H3. The Morgan fingerprint density at radius 1 is 1.00 bits per heavy atom. The first-order valence-corrected chi connectivity index (χ1v) is 9.22. The molecule has 0 amide bonds. The molecule has 4 nitrogen and oxygen atoms in total. The monoisotopic (exact) mass is 458 g/mol. The molecule has 0 unspecified atom stereocenters. The lowest BCUT2D eigenvalue weighted by Gasteiger charge is -2.11. The SMILES string of the molecule is COc1ccc(C=NNc2ccccc2)cc1COc1ccc(I)cc1. The van der Waals surface area contributed by atoms with Crippen molar-refractivity contribution in [2.45, 2.75) is 6.61 Å². The first-order chi connectivity index (χ1) is 12.7. The Labute approximate surface area is 167 Å². The van der Waals surface area contributed by atoms with Crippen LogP contribution < -0.4 is 14.9 Å². The Morgan fingerprint density at radius 3 is 2.50 bits per heavy atom. The number of hydrogen-bond acceptors (Lipinski definition) is 4. The van der Waals surface area contributed by atoms with E-state index in [2.05, 4.69) is 33.1 Å². The van der Waals surface area contributed by atoms with Crippen molar-refractivity contribution in [3.8, 4) is 11.5 Å². The van der Waals surface area contributed by atoms with E-state index in [-0.39, 0.29) is 0 Å². The highest BCUT2D eigenvalue weighted by atomic mass is 127. The van der Waals surface area contributed by atoms with Crippen LogP contribution >= 0.6 is 22.6 Å². The molecule has 0 radical (unpaired) electrons. The van der Waals surface area contributed by atoms with Crippen LogP contribution in [0.1, 0.15) is 11.1 Å². The van der Waals surface area contributed by atoms with E-state index in [1.807, 2.05) is 72.8 Å². The summed E-state index contributed by atoms with van der Waals surface area (Å²) >= 11 is 2.27. The van der Waals surface area contributed by atoms with E-state index in [4.69, 9.17) is 9.47 Å². The molecule has 0 bridgehead atoms. The number of ether oxygens (including phenoxy) is 2. The fraction of sp³-hybridized carbons (Fsp3) is 0.0952. The predicted molar refractivity (Wildman–Crippen MR) is 114 cm³/mol. The van der Waals surface area contributed by atoms with Gasteiger partial charge in [0, 0.05) is 9.13 Å². The molecular weight excluding hydrogens is 439 g/mol. The molecule has 3 rings (SSSR count). The fourth-order valence-corrected chi connectivity index (χ4v) is 2.74. The molecule has 0 atom stereocenters. The van der Waals surface area contributed by atoms with Crippen LogP contribution in [-0.4, -0.2) is 13.3 Å². The number of methoxy groups -OCH3 is 1. The maximum Gasteiger partial charge on any atom is 0.125 e. The van der Waals surface area contributed by atoms with Crippen LogP contribution in [0.2, 0.25) is 0 Å². The van der Waals surface area contributed by atoms with E-state index in [1.165, 1.54) is 3.57 Å². The minimum atomic E-state index is 0.428. The highest BCUT2D eigenvalue weighted by molar-refractivity contribution is 14.1. The van der Waals surface area contributed by atoms with Gasteiger partial charge in [-0.25, -0.2) is 0 Å². The second-order valence-corrected chi connectivity index (χ2v) is 6.80. The molecule has 0 saturated heterocycles. The molecule has 0 aliphatic carbocycles. The summed E-state index contributed by atoms with van der Waals surface area (Å²) in [4.78, 5) is 0. The molecular formula is C21H19IN2O2. The zero-order valence-electron chi connectivity index (χ0n) is 14.4. The van der Waals surface area contributed by atoms with Crippen molar-refractivity contribution in [3.63, 3.8) is 0 Å². The van der Waals surface area contributed by atoms with Crippen molar-refractivity contribution in [2.75, 3.05) is 12.5 Å². The second kappa shape index (κ2) is 9.24. The molecule has 26 heavy (non-hydrogen) atoms. The zero-order valence-corrected chi connectivity index (χ0v) is 16.5. The maximum absolute atomic E-state index is 5.87. The molecule has 0 saturated carbocycles. The van der Waals surface area contributed by atoms with Gasteiger partial charge in [0.15, 0.2) is 0 Å². The Hall–Kier alpha value is -2.54. The number of benzene rings is 3. The van der Waals surface area contributed by atoms with Gasteiger partial charge in [-0.3, -0.25) is 5.43 Å². The summed E-state index contributed by atoms with van der Waals surface area (Å²) in [6, 6.07) is 23.7. The summed E-state index contributed by atoms with van der Waals surface area (Å²) in [7, 11) is 1.66. The Morgan fingerprint density at radius 2 is 1.77 bits per heavy atom. The minimum absolute atomic E-state index is 0.428. The van der Waals surface area contributed by atoms with Gasteiger partial charge in [-0.2, -0.15) is 5.10 Å². The normalized spacial score (nSPS) is 10.7. The topological polar surface area (TPSA) is 42.8 Å². The molecule has 132 valence electrons. The molecule has 0 fully saturated rings. The van der Waals surface area contributed by atoms with Gasteiger partial charge in [0.05, 0.1) is 19.0 Å². The predicted octanol–water partition coefficient (Wildman–Crippen LogP) is 5.32. The Balaban J connectivity index is 1.68. The zero-order chi connectivity index (χ0) is 18.2. The third-order valence-electron chi connectivity index (χ3n) is 3.69. The van der Waals surface area contributed by atoms with Crippen molar-refractivity contribution < 1.29 is 9.47 Å². The van der Waals surface area contributed by atoms with Crippen LogP contribution in [0.15, 0.2) is 77.9 Å². The molecule has 1 N–H and O–H groups in total. The van der Waals surface area contributed by atoms with E-state index < -0.39 is 0 Å². The van der Waals surface area contributed by atoms with E-state index in [0.29, 0.717) is 6.61 Å². The summed E-state index contributed by atoms with van der Waals surface area (Å²) in [6.45, 7) is 0.428. The number of rotatable bonds is 7. The molecule has 0 heterocycles. The molecule has 0 aliphatic heterocycles. The van der Waals surface area contributed by atoms with Gasteiger partial charge in [0.25, 0.3) is 0 Å². The van der Waals surface area contributed by atoms with Crippen molar-refractivity contribution in [2.24, 2.45) is 5.10 Å². The van der Waals surface area contributed by atoms with E-state index >= 15 is 0 Å². The van der Waals surface area contributed by atoms with Crippen LogP contribution in [0.5, 0.6) is 11.5 Å². The number of hydrazone groups is 1. The lowest BCUT2D eigenvalue weighted by molar-refractivity contribution is 0.296. The van der Waals surface area contributed by atoms with E-state index in [0.717, 1.165) is 28.3 Å². The lowest BCUT2D eigenvalue weighted by Crippen LogP contribution is -2.00. The van der Waals surface area contributed by atoms with Crippen molar-refractivity contribution in [1.82, 2.24) is 0 Å². The van der Waals surface area contributed by atoms with Gasteiger partial charge in [0.2, 0.25) is 0 Å². The fourth-order valence-electron chi connectivity index (χ4n) is 2.38. The van der Waals surface area contributed by atoms with Crippen molar-refractivity contribution in [3.05, 3.63) is 87.5 Å². The summed E-state index contributed by atoms with van der Waals surface area (Å²) in [5.74, 6) is 1.63. The molecule has 0 aliphatic rings. The van der Waals surface area contributed by atoms with Gasteiger partial charge in [-0.05, 0) is 82.8 Å². The van der Waals surface area contributed by atoms with E-state index in [1.54, 1.807) is 13.3 Å². The lowest BCUT2D eigenvalue weighted by atomic mass is 10.1. The van der Waals surface area contributed by atoms with Crippen LogP contribution in [0.3, 0.4) is 0 Å². The number of hydrogen-bond donors (Lipinski definition) is 1. The number of para-hydroxylation sites is 1. The summed E-state index contributed by atoms with van der Waals surface area (Å²) < 4.78 is 12.5. The highest BCUT2D eigenvalue weighted by Gasteiger charge is 2.05. The summed E-state index contributed by atoms with van der Waals surface area (Å²) in [6.07, 6.45) is 1.78. The molecule has 0 spiro atoms. The van der Waals surface area contributed by atoms with Crippen LogP contribution in [0, 0.1) is 3.57 Å². The van der Waals surface area contributed by atoms with Crippen LogP contribution in [-0.2, 0) is 6.61 Å². The van der Waals surface area contributed by atoms with Gasteiger partial charge in [-0.1, -0.05) is 18.2 Å². The minimum Gasteiger partial charge on any atom is -0.496 e. The first kappa shape index (κ1) is 18.3. The number of nitrogens with zero attached hydrogens (tertiary/aromatic N) is 1. The van der Waals surface area contributed by atoms with Gasteiger partial charge in [0.1, 0.15) is 18.1 Å². The van der Waals surface area contributed by atoms with Crippen molar-refractivity contribution >= 4 is 34.5 Å². The quantitative estimate of drug-likeness (QED) is 0.296. The smallest absolute Gasteiger partial charge is 0.125 e. The van der Waals surface area contributed by atoms with E-state index in [9.17, 15) is 0 Å². The third kappa shape index (κ3) is 5.23. The maximum atomic E-state index is 5.87. The third-order valence-corrected chi connectivity index (χ3v) is 4.41. The van der Waals surface area contributed by atoms with Crippen molar-refractivity contribution in [1.29, 1.82) is 0 Å². The summed E-state index contributed by atoms with van der Waals surface area (Å²) in [5, 5.41) is 4.28. The van der Waals surface area contributed by atoms with Crippen LogP contribution in [0.4, 0.5) is 5.69 Å². The molecule has 3 aromatic carbocycles. The Kier molecular flexibility index (Phi) is 6.49. The summed E-state index contributed by atoms with van der Waals surface area (Å²) in [5.41, 5.74) is 5.89. The average Bonchev–Trinajstić information content (AvgIpc) is 2.68. The second-order valence-electron chi connectivity index (χ2n) is 5.55. The average molecular weight is 458 g/mol. The Bertz CT molecular complexity index is 865. The van der Waals surface area contributed by atoms with Gasteiger partial charge < -0.3 is 9.47 Å². The van der Waals surface area contributed by atoms with Gasteiger partial charge in [-0.15, -0.1) is 0 Å². The number of halogens is 1. The number of nitrogens with one attached hydrogen (secondary N) is 1. The first-order valence-electron chi connectivity index (χ1n) is 8.14. The number of anilines is 1. The molecule has 3 aromatic rings. The molecule has 0 aromatic heterocycles. The highest BCUT2D eigenvalue weighted by Crippen LogP contribution is 2.22.